The summed E-state index contributed by atoms with van der Waals surface area (Å²) >= 11 is 1.30. The van der Waals surface area contributed by atoms with Gasteiger partial charge in [-0.2, -0.15) is 5.26 Å². The van der Waals surface area contributed by atoms with Crippen molar-refractivity contribution in [3.63, 3.8) is 0 Å². The zero-order valence-electron chi connectivity index (χ0n) is 17.6. The Morgan fingerprint density at radius 3 is 2.67 bits per heavy atom. The van der Waals surface area contributed by atoms with Gasteiger partial charge in [0.25, 0.3) is 0 Å². The van der Waals surface area contributed by atoms with E-state index in [9.17, 15) is 14.9 Å². The number of anilines is 1. The number of carbonyl (C=O) groups is 2. The van der Waals surface area contributed by atoms with Gasteiger partial charge in [0.2, 0.25) is 11.8 Å². The molecule has 2 amide bonds. The van der Waals surface area contributed by atoms with Crippen molar-refractivity contribution in [3.8, 4) is 6.07 Å². The van der Waals surface area contributed by atoms with Crippen LogP contribution in [0.2, 0.25) is 0 Å². The van der Waals surface area contributed by atoms with Crippen LogP contribution in [0.15, 0.2) is 35.4 Å². The third kappa shape index (κ3) is 5.00. The molecule has 3 rings (SSSR count). The number of nitriles is 1. The lowest BCUT2D eigenvalue weighted by Crippen LogP contribution is -2.44. The van der Waals surface area contributed by atoms with E-state index in [0.29, 0.717) is 23.7 Å². The molecule has 1 aliphatic rings. The summed E-state index contributed by atoms with van der Waals surface area (Å²) in [6, 6.07) is 11.6. The van der Waals surface area contributed by atoms with Crippen LogP contribution in [0.1, 0.15) is 35.2 Å². The largest absolute Gasteiger partial charge is 0.341 e. The smallest absolute Gasteiger partial charge is 0.233 e. The van der Waals surface area contributed by atoms with Gasteiger partial charge in [-0.15, -0.1) is 0 Å². The number of pyridine rings is 1. The Hall–Kier alpha value is -2.85. The number of carbonyl (C=O) groups excluding carboxylic acids is 2. The molecule has 1 aliphatic heterocycles. The second-order valence-electron chi connectivity index (χ2n) is 7.56. The fourth-order valence-corrected chi connectivity index (χ4v) is 4.54. The number of nitrogens with zero attached hydrogens (tertiary/aromatic N) is 3. The number of aryl methyl sites for hydroxylation is 1. The van der Waals surface area contributed by atoms with E-state index in [4.69, 9.17) is 0 Å². The standard InChI is InChI=1S/C23H26N4O2S/c1-15-16(2)20(12-24)23(25-17(15)3)30-14-21(28)27-11-7-8-18(13-27)22(29)26-19-9-5-4-6-10-19/h4-6,9-10,18H,7-8,11,13-14H2,1-3H3,(H,26,29). The van der Waals surface area contributed by atoms with Crippen LogP contribution in [0.25, 0.3) is 0 Å². The summed E-state index contributed by atoms with van der Waals surface area (Å²) in [6.45, 7) is 6.85. The first-order valence-electron chi connectivity index (χ1n) is 10.0. The van der Waals surface area contributed by atoms with Crippen molar-refractivity contribution < 1.29 is 9.59 Å². The number of thioether (sulfide) groups is 1. The maximum absolute atomic E-state index is 12.8. The number of amides is 2. The van der Waals surface area contributed by atoms with Gasteiger partial charge in [-0.1, -0.05) is 30.0 Å². The average Bonchev–Trinajstić information content (AvgIpc) is 2.76. The number of hydrogen-bond donors (Lipinski definition) is 1. The minimum atomic E-state index is -0.218. The van der Waals surface area contributed by atoms with Gasteiger partial charge in [0.1, 0.15) is 11.1 Å². The predicted molar refractivity (Wildman–Crippen MR) is 118 cm³/mol. The van der Waals surface area contributed by atoms with Crippen LogP contribution in [-0.4, -0.2) is 40.5 Å². The van der Waals surface area contributed by atoms with Crippen LogP contribution in [-0.2, 0) is 9.59 Å². The lowest BCUT2D eigenvalue weighted by molar-refractivity contribution is -0.132. The summed E-state index contributed by atoms with van der Waals surface area (Å²) in [7, 11) is 0. The molecule has 2 aromatic rings. The third-order valence-electron chi connectivity index (χ3n) is 5.59. The van der Waals surface area contributed by atoms with E-state index in [0.717, 1.165) is 35.3 Å². The van der Waals surface area contributed by atoms with E-state index in [1.807, 2.05) is 51.1 Å². The second kappa shape index (κ2) is 9.77. The second-order valence-corrected chi connectivity index (χ2v) is 8.53. The van der Waals surface area contributed by atoms with Crippen LogP contribution in [0.4, 0.5) is 5.69 Å². The molecule has 1 saturated heterocycles. The van der Waals surface area contributed by atoms with E-state index >= 15 is 0 Å². The summed E-state index contributed by atoms with van der Waals surface area (Å²) in [4.78, 5) is 31.7. The number of aromatic nitrogens is 1. The van der Waals surface area contributed by atoms with Crippen LogP contribution >= 0.6 is 11.8 Å². The lowest BCUT2D eigenvalue weighted by atomic mass is 9.97. The molecule has 1 aromatic heterocycles. The molecule has 30 heavy (non-hydrogen) atoms. The first-order chi connectivity index (χ1) is 14.4. The highest BCUT2D eigenvalue weighted by Crippen LogP contribution is 2.27. The Morgan fingerprint density at radius 2 is 1.97 bits per heavy atom. The number of para-hydroxylation sites is 1. The minimum absolute atomic E-state index is 0.0289. The fraction of sp³-hybridized carbons (Fsp3) is 0.391. The van der Waals surface area contributed by atoms with Crippen LogP contribution in [0.3, 0.4) is 0 Å². The van der Waals surface area contributed by atoms with E-state index in [-0.39, 0.29) is 23.5 Å². The van der Waals surface area contributed by atoms with Crippen molar-refractivity contribution >= 4 is 29.3 Å². The van der Waals surface area contributed by atoms with Crippen molar-refractivity contribution in [2.24, 2.45) is 5.92 Å². The molecule has 0 radical (unpaired) electrons. The molecule has 0 bridgehead atoms. The van der Waals surface area contributed by atoms with Crippen molar-refractivity contribution in [1.82, 2.24) is 9.88 Å². The van der Waals surface area contributed by atoms with Crippen molar-refractivity contribution in [2.45, 2.75) is 38.6 Å². The number of hydrogen-bond acceptors (Lipinski definition) is 5. The number of rotatable bonds is 5. The molecule has 1 unspecified atom stereocenters. The highest BCUT2D eigenvalue weighted by molar-refractivity contribution is 8.00. The molecule has 6 nitrogen and oxygen atoms in total. The summed E-state index contributed by atoms with van der Waals surface area (Å²) < 4.78 is 0. The van der Waals surface area contributed by atoms with Gasteiger partial charge in [0, 0.05) is 24.5 Å². The Kier molecular flexibility index (Phi) is 7.11. The Morgan fingerprint density at radius 1 is 1.23 bits per heavy atom. The maximum atomic E-state index is 12.8. The van der Waals surface area contributed by atoms with E-state index in [1.54, 1.807) is 4.90 Å². The van der Waals surface area contributed by atoms with Gasteiger partial charge < -0.3 is 10.2 Å². The fourth-order valence-electron chi connectivity index (χ4n) is 3.55. The van der Waals surface area contributed by atoms with Crippen molar-refractivity contribution in [1.29, 1.82) is 5.26 Å². The Labute approximate surface area is 181 Å². The topological polar surface area (TPSA) is 86.1 Å². The maximum Gasteiger partial charge on any atom is 0.233 e. The molecule has 0 spiro atoms. The molecule has 7 heteroatoms. The highest BCUT2D eigenvalue weighted by atomic mass is 32.2. The molecule has 0 aliphatic carbocycles. The quantitative estimate of drug-likeness (QED) is 0.740. The van der Waals surface area contributed by atoms with E-state index < -0.39 is 0 Å². The SMILES string of the molecule is Cc1nc(SCC(=O)N2CCCC(C(=O)Nc3ccccc3)C2)c(C#N)c(C)c1C. The molecular formula is C23H26N4O2S. The molecule has 0 saturated carbocycles. The van der Waals surface area contributed by atoms with E-state index in [2.05, 4.69) is 16.4 Å². The number of nitrogens with one attached hydrogen (secondary N) is 1. The summed E-state index contributed by atoms with van der Waals surface area (Å²) in [5.74, 6) is -0.0932. The average molecular weight is 423 g/mol. The van der Waals surface area contributed by atoms with Crippen LogP contribution in [0, 0.1) is 38.0 Å². The summed E-state index contributed by atoms with van der Waals surface area (Å²) in [5, 5.41) is 13.0. The third-order valence-corrected chi connectivity index (χ3v) is 6.55. The monoisotopic (exact) mass is 422 g/mol. The molecule has 1 N–H and O–H groups in total. The highest BCUT2D eigenvalue weighted by Gasteiger charge is 2.28. The predicted octanol–water partition coefficient (Wildman–Crippen LogP) is 3.85. The van der Waals surface area contributed by atoms with Gasteiger partial charge in [0.05, 0.1) is 17.2 Å². The zero-order valence-corrected chi connectivity index (χ0v) is 18.4. The zero-order chi connectivity index (χ0) is 21.7. The molecule has 1 atom stereocenters. The summed E-state index contributed by atoms with van der Waals surface area (Å²) in [6.07, 6.45) is 1.57. The van der Waals surface area contributed by atoms with E-state index in [1.165, 1.54) is 11.8 Å². The number of likely N-dealkylation sites (tertiary alicyclic amines) is 1. The summed E-state index contributed by atoms with van der Waals surface area (Å²) in [5.41, 5.74) is 4.09. The van der Waals surface area contributed by atoms with Crippen LogP contribution in [0.5, 0.6) is 0 Å². The van der Waals surface area contributed by atoms with Gasteiger partial charge in [-0.25, -0.2) is 4.98 Å². The molecular weight excluding hydrogens is 396 g/mol. The molecule has 1 fully saturated rings. The van der Waals surface area contributed by atoms with Crippen molar-refractivity contribution in [3.05, 3.63) is 52.7 Å². The number of benzene rings is 1. The number of piperidine rings is 1. The minimum Gasteiger partial charge on any atom is -0.341 e. The van der Waals surface area contributed by atoms with Gasteiger partial charge in [-0.3, -0.25) is 9.59 Å². The molecule has 156 valence electrons. The van der Waals surface area contributed by atoms with Gasteiger partial charge in [0.15, 0.2) is 0 Å². The molecule has 2 heterocycles. The van der Waals surface area contributed by atoms with Gasteiger partial charge in [-0.05, 0) is 56.9 Å². The molecule has 1 aromatic carbocycles. The lowest BCUT2D eigenvalue weighted by Gasteiger charge is -2.32. The van der Waals surface area contributed by atoms with Gasteiger partial charge >= 0.3 is 0 Å². The Bertz CT molecular complexity index is 985. The Balaban J connectivity index is 1.61. The first-order valence-corrected chi connectivity index (χ1v) is 11.0. The normalized spacial score (nSPS) is 16.1. The van der Waals surface area contributed by atoms with Crippen molar-refractivity contribution in [2.75, 3.05) is 24.2 Å². The van der Waals surface area contributed by atoms with Crippen LogP contribution < -0.4 is 5.32 Å². The first kappa shape index (κ1) is 21.8.